The quantitative estimate of drug-likeness (QED) is 0.690. The number of hydrogen-bond acceptors (Lipinski definition) is 8. The molecule has 2 unspecified atom stereocenters. The van der Waals surface area contributed by atoms with Gasteiger partial charge in [0.2, 0.25) is 11.1 Å². The van der Waals surface area contributed by atoms with Crippen molar-refractivity contribution in [1.29, 1.82) is 0 Å². The molecule has 1 aliphatic heterocycles. The molecule has 0 saturated carbocycles. The fourth-order valence-electron chi connectivity index (χ4n) is 2.70. The first-order valence-electron chi connectivity index (χ1n) is 8.45. The first-order chi connectivity index (χ1) is 12.5. The van der Waals surface area contributed by atoms with Crippen molar-refractivity contribution in [3.63, 3.8) is 0 Å². The number of carbonyl (C=O) groups is 1. The third-order valence-electron chi connectivity index (χ3n) is 4.18. The van der Waals surface area contributed by atoms with E-state index in [-0.39, 0.29) is 23.8 Å². The Kier molecular flexibility index (Phi) is 6.28. The summed E-state index contributed by atoms with van der Waals surface area (Å²) in [5.41, 5.74) is 1.76. The second-order valence-corrected chi connectivity index (χ2v) is 7.12. The van der Waals surface area contributed by atoms with Gasteiger partial charge in [0.1, 0.15) is 17.7 Å². The van der Waals surface area contributed by atoms with Crippen LogP contribution in [0.15, 0.2) is 9.68 Å². The SMILES string of the molecule is Cc1nc(SCC(=O)NC2CCOCC2OCc2c(C)noc2C)n[nH]1. The minimum absolute atomic E-state index is 0.0738. The highest BCUT2D eigenvalue weighted by Gasteiger charge is 2.28. The molecule has 0 aromatic carbocycles. The van der Waals surface area contributed by atoms with E-state index in [1.54, 1.807) is 0 Å². The van der Waals surface area contributed by atoms with Gasteiger partial charge in [0, 0.05) is 12.2 Å². The van der Waals surface area contributed by atoms with E-state index in [1.807, 2.05) is 20.8 Å². The van der Waals surface area contributed by atoms with Crippen molar-refractivity contribution in [2.24, 2.45) is 0 Å². The molecule has 9 nitrogen and oxygen atoms in total. The maximum absolute atomic E-state index is 12.3. The zero-order valence-corrected chi connectivity index (χ0v) is 15.9. The molecule has 142 valence electrons. The molecule has 0 spiro atoms. The van der Waals surface area contributed by atoms with Gasteiger partial charge in [-0.2, -0.15) is 0 Å². The van der Waals surface area contributed by atoms with E-state index in [4.69, 9.17) is 14.0 Å². The highest BCUT2D eigenvalue weighted by Crippen LogP contribution is 2.18. The molecule has 0 aliphatic carbocycles. The molecule has 2 N–H and O–H groups in total. The number of thioether (sulfide) groups is 1. The van der Waals surface area contributed by atoms with E-state index in [1.165, 1.54) is 11.8 Å². The number of aryl methyl sites for hydroxylation is 3. The molecule has 2 aromatic heterocycles. The van der Waals surface area contributed by atoms with Crippen LogP contribution in [0, 0.1) is 20.8 Å². The number of aromatic nitrogens is 4. The maximum atomic E-state index is 12.3. The summed E-state index contributed by atoms with van der Waals surface area (Å²) in [5.74, 6) is 1.66. The molecule has 0 bridgehead atoms. The van der Waals surface area contributed by atoms with Crippen molar-refractivity contribution in [2.75, 3.05) is 19.0 Å². The van der Waals surface area contributed by atoms with Crippen molar-refractivity contribution in [3.05, 3.63) is 22.8 Å². The Morgan fingerprint density at radius 1 is 1.42 bits per heavy atom. The summed E-state index contributed by atoms with van der Waals surface area (Å²) in [7, 11) is 0. The number of amides is 1. The first kappa shape index (κ1) is 18.9. The molecule has 3 rings (SSSR count). The molecule has 2 aromatic rings. The Labute approximate surface area is 155 Å². The summed E-state index contributed by atoms with van der Waals surface area (Å²) >= 11 is 1.30. The van der Waals surface area contributed by atoms with Gasteiger partial charge in [-0.05, 0) is 27.2 Å². The van der Waals surface area contributed by atoms with Crippen molar-refractivity contribution in [3.8, 4) is 0 Å². The van der Waals surface area contributed by atoms with E-state index >= 15 is 0 Å². The summed E-state index contributed by atoms with van der Waals surface area (Å²) in [6.45, 7) is 6.99. The van der Waals surface area contributed by atoms with Crippen molar-refractivity contribution >= 4 is 17.7 Å². The molecular weight excluding hydrogens is 358 g/mol. The Morgan fingerprint density at radius 2 is 2.27 bits per heavy atom. The summed E-state index contributed by atoms with van der Waals surface area (Å²) in [5, 5.41) is 14.3. The number of H-pyrrole nitrogens is 1. The standard InChI is InChI=1S/C16H23N5O4S/c1-9-12(10(2)25-21-9)6-24-14-7-23-5-4-13(14)18-15(22)8-26-16-17-11(3)19-20-16/h13-14H,4-8H2,1-3H3,(H,18,22)(H,17,19,20). The monoisotopic (exact) mass is 381 g/mol. The van der Waals surface area contributed by atoms with Gasteiger partial charge in [-0.3, -0.25) is 9.89 Å². The third-order valence-corrected chi connectivity index (χ3v) is 5.03. The predicted molar refractivity (Wildman–Crippen MR) is 93.8 cm³/mol. The van der Waals surface area contributed by atoms with Crippen LogP contribution in [0.25, 0.3) is 0 Å². The molecule has 10 heteroatoms. The molecule has 1 fully saturated rings. The van der Waals surface area contributed by atoms with Crippen LogP contribution in [0.5, 0.6) is 0 Å². The summed E-state index contributed by atoms with van der Waals surface area (Å²) in [6.07, 6.45) is 0.500. The lowest BCUT2D eigenvalue weighted by molar-refractivity contribution is -0.124. The highest BCUT2D eigenvalue weighted by atomic mass is 32.2. The van der Waals surface area contributed by atoms with Crippen LogP contribution < -0.4 is 5.32 Å². The smallest absolute Gasteiger partial charge is 0.230 e. The molecule has 3 heterocycles. The molecule has 1 saturated heterocycles. The lowest BCUT2D eigenvalue weighted by Gasteiger charge is -2.32. The van der Waals surface area contributed by atoms with E-state index < -0.39 is 0 Å². The fourth-order valence-corrected chi connectivity index (χ4v) is 3.36. The number of ether oxygens (including phenoxy) is 2. The highest BCUT2D eigenvalue weighted by molar-refractivity contribution is 7.99. The lowest BCUT2D eigenvalue weighted by Crippen LogP contribution is -2.50. The van der Waals surface area contributed by atoms with E-state index in [2.05, 4.69) is 25.7 Å². The normalized spacial score (nSPS) is 20.3. The summed E-state index contributed by atoms with van der Waals surface area (Å²) in [6, 6.07) is -0.0915. The second-order valence-electron chi connectivity index (χ2n) is 6.18. The Bertz CT molecular complexity index is 727. The number of carbonyl (C=O) groups excluding carboxylic acids is 1. The van der Waals surface area contributed by atoms with Gasteiger partial charge in [-0.1, -0.05) is 16.9 Å². The summed E-state index contributed by atoms with van der Waals surface area (Å²) < 4.78 is 16.7. The van der Waals surface area contributed by atoms with E-state index in [0.29, 0.717) is 31.4 Å². The van der Waals surface area contributed by atoms with Crippen molar-refractivity contribution in [2.45, 2.75) is 51.1 Å². The van der Waals surface area contributed by atoms with Crippen LogP contribution in [0.3, 0.4) is 0 Å². The van der Waals surface area contributed by atoms with Crippen LogP contribution >= 0.6 is 11.8 Å². The van der Waals surface area contributed by atoms with Crippen LogP contribution in [-0.2, 0) is 20.9 Å². The van der Waals surface area contributed by atoms with Crippen LogP contribution in [0.2, 0.25) is 0 Å². The molecular formula is C16H23N5O4S. The van der Waals surface area contributed by atoms with Crippen molar-refractivity contribution in [1.82, 2.24) is 25.7 Å². The number of nitrogens with one attached hydrogen (secondary N) is 2. The maximum Gasteiger partial charge on any atom is 0.230 e. The summed E-state index contributed by atoms with van der Waals surface area (Å²) in [4.78, 5) is 16.4. The molecule has 1 aliphatic rings. The Balaban J connectivity index is 1.50. The molecule has 2 atom stereocenters. The fraction of sp³-hybridized carbons (Fsp3) is 0.625. The first-order valence-corrected chi connectivity index (χ1v) is 9.43. The van der Waals surface area contributed by atoms with E-state index in [9.17, 15) is 4.79 Å². The minimum Gasteiger partial charge on any atom is -0.379 e. The van der Waals surface area contributed by atoms with Crippen LogP contribution in [-0.4, -0.2) is 57.4 Å². The van der Waals surface area contributed by atoms with Gasteiger partial charge in [-0.25, -0.2) is 4.98 Å². The molecule has 26 heavy (non-hydrogen) atoms. The van der Waals surface area contributed by atoms with Gasteiger partial charge >= 0.3 is 0 Å². The minimum atomic E-state index is -0.211. The zero-order valence-electron chi connectivity index (χ0n) is 15.1. The van der Waals surface area contributed by atoms with Gasteiger partial charge in [0.15, 0.2) is 0 Å². The average Bonchev–Trinajstić information content (AvgIpc) is 3.18. The van der Waals surface area contributed by atoms with Gasteiger partial charge < -0.3 is 19.3 Å². The van der Waals surface area contributed by atoms with E-state index in [0.717, 1.165) is 22.8 Å². The third kappa shape index (κ3) is 4.83. The number of hydrogen-bond donors (Lipinski definition) is 2. The number of rotatable bonds is 7. The van der Waals surface area contributed by atoms with Crippen molar-refractivity contribution < 1.29 is 18.8 Å². The van der Waals surface area contributed by atoms with Gasteiger partial charge in [-0.15, -0.1) is 5.10 Å². The molecule has 0 radical (unpaired) electrons. The number of nitrogens with zero attached hydrogens (tertiary/aromatic N) is 3. The Hall–Kier alpha value is -1.91. The van der Waals surface area contributed by atoms with Gasteiger partial charge in [0.05, 0.1) is 30.7 Å². The largest absolute Gasteiger partial charge is 0.379 e. The number of aromatic amines is 1. The average molecular weight is 381 g/mol. The zero-order chi connectivity index (χ0) is 18.5. The topological polar surface area (TPSA) is 115 Å². The van der Waals surface area contributed by atoms with Crippen LogP contribution in [0.1, 0.15) is 29.3 Å². The Morgan fingerprint density at radius 3 is 2.96 bits per heavy atom. The predicted octanol–water partition coefficient (Wildman–Crippen LogP) is 1.30. The lowest BCUT2D eigenvalue weighted by atomic mass is 10.1. The van der Waals surface area contributed by atoms with Crippen LogP contribution in [0.4, 0.5) is 0 Å². The second kappa shape index (κ2) is 8.65. The molecule has 1 amide bonds. The van der Waals surface area contributed by atoms with Gasteiger partial charge in [0.25, 0.3) is 0 Å².